The first-order valence-corrected chi connectivity index (χ1v) is 4.24. The lowest BCUT2D eigenvalue weighted by Crippen LogP contribution is -1.87. The smallest absolute Gasteiger partial charge is 0.0225 e. The van der Waals surface area contributed by atoms with Crippen molar-refractivity contribution in [3.8, 4) is 0 Å². The molecule has 0 nitrogen and oxygen atoms in total. The molecule has 0 atom stereocenters. The Morgan fingerprint density at radius 2 is 1.83 bits per heavy atom. The summed E-state index contributed by atoms with van der Waals surface area (Å²) in [6.07, 6.45) is 7.88. The molecule has 0 radical (unpaired) electrons. The summed E-state index contributed by atoms with van der Waals surface area (Å²) in [7, 11) is 0. The van der Waals surface area contributed by atoms with Crippen LogP contribution in [0.3, 0.4) is 0 Å². The molecular formula is C12H18. The van der Waals surface area contributed by atoms with Crippen molar-refractivity contribution >= 4 is 0 Å². The second-order valence-corrected chi connectivity index (χ2v) is 3.21. The number of allylic oxidation sites excluding steroid dienone is 6. The van der Waals surface area contributed by atoms with Crippen LogP contribution in [-0.4, -0.2) is 0 Å². The molecule has 0 aliphatic rings. The average molecular weight is 162 g/mol. The zero-order chi connectivity index (χ0) is 9.56. The van der Waals surface area contributed by atoms with Crippen molar-refractivity contribution < 1.29 is 0 Å². The van der Waals surface area contributed by atoms with Gasteiger partial charge in [-0.1, -0.05) is 62.5 Å². The molecule has 0 aliphatic carbocycles. The summed E-state index contributed by atoms with van der Waals surface area (Å²) in [4.78, 5) is 0. The summed E-state index contributed by atoms with van der Waals surface area (Å²) < 4.78 is 0. The summed E-state index contributed by atoms with van der Waals surface area (Å²) in [6, 6.07) is 0. The fourth-order valence-corrected chi connectivity index (χ4v) is 0.672. The molecule has 0 aromatic rings. The molecule has 0 aliphatic heterocycles. The molecule has 0 aromatic heterocycles. The van der Waals surface area contributed by atoms with Gasteiger partial charge in [0, 0.05) is 0 Å². The van der Waals surface area contributed by atoms with Crippen LogP contribution in [0.4, 0.5) is 0 Å². The Morgan fingerprint density at radius 1 is 1.25 bits per heavy atom. The largest absolute Gasteiger partial charge is 0.0991 e. The van der Waals surface area contributed by atoms with Crippen molar-refractivity contribution in [2.24, 2.45) is 5.92 Å². The van der Waals surface area contributed by atoms with Gasteiger partial charge < -0.3 is 0 Å². The van der Waals surface area contributed by atoms with E-state index in [1.807, 2.05) is 13.0 Å². The van der Waals surface area contributed by atoms with Gasteiger partial charge in [0.2, 0.25) is 0 Å². The predicted octanol–water partition coefficient (Wildman–Crippen LogP) is 3.89. The van der Waals surface area contributed by atoms with Crippen LogP contribution in [0, 0.1) is 5.92 Å². The van der Waals surface area contributed by atoms with E-state index in [4.69, 9.17) is 0 Å². The molecule has 0 heterocycles. The van der Waals surface area contributed by atoms with Crippen molar-refractivity contribution in [1.29, 1.82) is 0 Å². The van der Waals surface area contributed by atoms with Gasteiger partial charge in [0.05, 0.1) is 0 Å². The average Bonchev–Trinajstić information content (AvgIpc) is 2.00. The number of hydrogen-bond acceptors (Lipinski definition) is 0. The van der Waals surface area contributed by atoms with Gasteiger partial charge in [0.1, 0.15) is 0 Å². The normalized spacial score (nSPS) is 12.5. The summed E-state index contributed by atoms with van der Waals surface area (Å²) >= 11 is 0. The van der Waals surface area contributed by atoms with E-state index in [1.54, 1.807) is 6.08 Å². The quantitative estimate of drug-likeness (QED) is 0.550. The third-order valence-electron chi connectivity index (χ3n) is 1.68. The molecule has 0 unspecified atom stereocenters. The van der Waals surface area contributed by atoms with Crippen LogP contribution in [-0.2, 0) is 0 Å². The third-order valence-corrected chi connectivity index (χ3v) is 1.68. The predicted molar refractivity (Wildman–Crippen MR) is 57.1 cm³/mol. The van der Waals surface area contributed by atoms with Crippen LogP contribution in [0.5, 0.6) is 0 Å². The summed E-state index contributed by atoms with van der Waals surface area (Å²) in [5.74, 6) is 0.526. The molecule has 0 amide bonds. The molecular weight excluding hydrogens is 144 g/mol. The fraction of sp³-hybridized carbons (Fsp3) is 0.333. The van der Waals surface area contributed by atoms with Crippen LogP contribution in [0.1, 0.15) is 20.8 Å². The minimum atomic E-state index is 0.526. The zero-order valence-electron chi connectivity index (χ0n) is 8.30. The van der Waals surface area contributed by atoms with Gasteiger partial charge in [0.25, 0.3) is 0 Å². The molecule has 12 heavy (non-hydrogen) atoms. The van der Waals surface area contributed by atoms with Crippen molar-refractivity contribution in [2.75, 3.05) is 0 Å². The van der Waals surface area contributed by atoms with Gasteiger partial charge in [-0.3, -0.25) is 0 Å². The van der Waals surface area contributed by atoms with Gasteiger partial charge >= 0.3 is 0 Å². The maximum Gasteiger partial charge on any atom is -0.0225 e. The van der Waals surface area contributed by atoms with Crippen molar-refractivity contribution in [1.82, 2.24) is 0 Å². The SMILES string of the molecule is C=C/C=C(C)\C=C/C(=C)C(C)C. The van der Waals surface area contributed by atoms with Crippen LogP contribution in [0.25, 0.3) is 0 Å². The highest BCUT2D eigenvalue weighted by Crippen LogP contribution is 2.09. The highest BCUT2D eigenvalue weighted by molar-refractivity contribution is 5.27. The highest BCUT2D eigenvalue weighted by atomic mass is 14.0. The van der Waals surface area contributed by atoms with Crippen molar-refractivity contribution in [3.63, 3.8) is 0 Å². The second-order valence-electron chi connectivity index (χ2n) is 3.21. The van der Waals surface area contributed by atoms with Crippen LogP contribution < -0.4 is 0 Å². The monoisotopic (exact) mass is 162 g/mol. The Balaban J connectivity index is 4.16. The molecule has 0 spiro atoms. The second kappa shape index (κ2) is 5.59. The minimum absolute atomic E-state index is 0.526. The maximum atomic E-state index is 3.95. The first-order chi connectivity index (χ1) is 5.57. The third kappa shape index (κ3) is 4.73. The zero-order valence-corrected chi connectivity index (χ0v) is 8.30. The van der Waals surface area contributed by atoms with Crippen LogP contribution in [0.2, 0.25) is 0 Å². The van der Waals surface area contributed by atoms with Gasteiger partial charge in [-0.25, -0.2) is 0 Å². The van der Waals surface area contributed by atoms with E-state index in [0.717, 1.165) is 5.57 Å². The molecule has 0 N–H and O–H groups in total. The van der Waals surface area contributed by atoms with Crippen LogP contribution in [0.15, 0.2) is 48.6 Å². The molecule has 66 valence electrons. The summed E-state index contributed by atoms with van der Waals surface area (Å²) in [5.41, 5.74) is 2.36. The molecule has 0 fully saturated rings. The van der Waals surface area contributed by atoms with Gasteiger partial charge in [-0.15, -0.1) is 0 Å². The molecule has 0 rings (SSSR count). The van der Waals surface area contributed by atoms with E-state index in [2.05, 4.69) is 39.2 Å². The van der Waals surface area contributed by atoms with E-state index in [9.17, 15) is 0 Å². The Hall–Kier alpha value is -1.04. The van der Waals surface area contributed by atoms with Crippen molar-refractivity contribution in [3.05, 3.63) is 48.6 Å². The summed E-state index contributed by atoms with van der Waals surface area (Å²) in [5, 5.41) is 0. The van der Waals surface area contributed by atoms with Crippen molar-refractivity contribution in [2.45, 2.75) is 20.8 Å². The molecule has 0 heteroatoms. The van der Waals surface area contributed by atoms with Crippen LogP contribution >= 0.6 is 0 Å². The van der Waals surface area contributed by atoms with E-state index in [1.165, 1.54) is 5.57 Å². The molecule has 0 bridgehead atoms. The Kier molecular flexibility index (Phi) is 5.11. The Morgan fingerprint density at radius 3 is 2.25 bits per heavy atom. The Labute approximate surface area is 76.0 Å². The summed E-state index contributed by atoms with van der Waals surface area (Å²) in [6.45, 7) is 13.9. The van der Waals surface area contributed by atoms with E-state index in [0.29, 0.717) is 5.92 Å². The number of rotatable bonds is 4. The number of hydrogen-bond donors (Lipinski definition) is 0. The van der Waals surface area contributed by atoms with E-state index >= 15 is 0 Å². The van der Waals surface area contributed by atoms with Gasteiger partial charge in [0.15, 0.2) is 0 Å². The molecule has 0 saturated carbocycles. The molecule has 0 saturated heterocycles. The lowest BCUT2D eigenvalue weighted by Gasteiger charge is -2.02. The first-order valence-electron chi connectivity index (χ1n) is 4.24. The Bertz CT molecular complexity index is 214. The topological polar surface area (TPSA) is 0 Å². The van der Waals surface area contributed by atoms with E-state index < -0.39 is 0 Å². The highest BCUT2D eigenvalue weighted by Gasteiger charge is 1.93. The minimum Gasteiger partial charge on any atom is -0.0991 e. The molecule has 0 aromatic carbocycles. The van der Waals surface area contributed by atoms with Gasteiger partial charge in [-0.2, -0.15) is 0 Å². The first kappa shape index (κ1) is 11.0. The van der Waals surface area contributed by atoms with E-state index in [-0.39, 0.29) is 0 Å². The van der Waals surface area contributed by atoms with Gasteiger partial charge in [-0.05, 0) is 12.8 Å². The lowest BCUT2D eigenvalue weighted by molar-refractivity contribution is 0.795. The standard InChI is InChI=1S/C12H18/c1-6-7-11(4)8-9-12(5)10(2)3/h6-10H,1,5H2,2-4H3/b9-8-,11-7-. The maximum absolute atomic E-state index is 3.95. The fourth-order valence-electron chi connectivity index (χ4n) is 0.672. The lowest BCUT2D eigenvalue weighted by atomic mass is 10.0.